The Bertz CT molecular complexity index is 638. The van der Waals surface area contributed by atoms with Crippen LogP contribution in [0.1, 0.15) is 37.5 Å². The molecule has 1 saturated carbocycles. The van der Waals surface area contributed by atoms with Crippen LogP contribution in [0.25, 0.3) is 11.4 Å². The highest BCUT2D eigenvalue weighted by Crippen LogP contribution is 2.32. The first-order valence-electron chi connectivity index (χ1n) is 6.97. The standard InChI is InChI=1S/C14H16N4O3/c15-11-3-1-2-10(8-11)14-16-13(17-21-14)9-4-6-12(7-5-9)18(19)20/h4-7,10-11H,1-3,8,15H2. The van der Waals surface area contributed by atoms with Gasteiger partial charge in [-0.25, -0.2) is 0 Å². The highest BCUT2D eigenvalue weighted by Gasteiger charge is 2.25. The summed E-state index contributed by atoms with van der Waals surface area (Å²) in [4.78, 5) is 14.6. The monoisotopic (exact) mass is 288 g/mol. The lowest BCUT2D eigenvalue weighted by molar-refractivity contribution is -0.384. The zero-order valence-corrected chi connectivity index (χ0v) is 11.4. The van der Waals surface area contributed by atoms with E-state index in [1.165, 1.54) is 12.1 Å². The molecule has 1 aromatic carbocycles. The largest absolute Gasteiger partial charge is 0.339 e. The maximum absolute atomic E-state index is 10.6. The molecule has 110 valence electrons. The Morgan fingerprint density at radius 2 is 2.05 bits per heavy atom. The number of hydrogen-bond acceptors (Lipinski definition) is 6. The van der Waals surface area contributed by atoms with Crippen LogP contribution < -0.4 is 5.73 Å². The summed E-state index contributed by atoms with van der Waals surface area (Å²) >= 11 is 0. The molecule has 7 heteroatoms. The van der Waals surface area contributed by atoms with E-state index in [2.05, 4.69) is 10.1 Å². The Kier molecular flexibility index (Phi) is 3.66. The van der Waals surface area contributed by atoms with Crippen molar-refractivity contribution in [1.29, 1.82) is 0 Å². The third-order valence-electron chi connectivity index (χ3n) is 3.84. The van der Waals surface area contributed by atoms with Gasteiger partial charge in [-0.1, -0.05) is 11.6 Å². The van der Waals surface area contributed by atoms with E-state index in [9.17, 15) is 10.1 Å². The van der Waals surface area contributed by atoms with E-state index in [1.807, 2.05) is 0 Å². The summed E-state index contributed by atoms with van der Waals surface area (Å²) in [7, 11) is 0. The van der Waals surface area contributed by atoms with Crippen LogP contribution in [-0.4, -0.2) is 21.1 Å². The Morgan fingerprint density at radius 3 is 2.71 bits per heavy atom. The quantitative estimate of drug-likeness (QED) is 0.687. The van der Waals surface area contributed by atoms with Crippen molar-refractivity contribution in [3.8, 4) is 11.4 Å². The average molecular weight is 288 g/mol. The molecule has 0 spiro atoms. The molecule has 0 amide bonds. The number of hydrogen-bond donors (Lipinski definition) is 1. The second-order valence-electron chi connectivity index (χ2n) is 5.38. The topological polar surface area (TPSA) is 108 Å². The van der Waals surface area contributed by atoms with Crippen LogP contribution in [0.3, 0.4) is 0 Å². The molecule has 1 fully saturated rings. The average Bonchev–Trinajstić information content (AvgIpc) is 2.97. The van der Waals surface area contributed by atoms with Gasteiger partial charge in [0.1, 0.15) is 0 Å². The lowest BCUT2D eigenvalue weighted by Gasteiger charge is -2.23. The van der Waals surface area contributed by atoms with E-state index in [-0.39, 0.29) is 17.6 Å². The number of nitro benzene ring substituents is 1. The summed E-state index contributed by atoms with van der Waals surface area (Å²) < 4.78 is 5.33. The molecule has 2 atom stereocenters. The Labute approximate surface area is 121 Å². The Morgan fingerprint density at radius 1 is 1.29 bits per heavy atom. The zero-order chi connectivity index (χ0) is 14.8. The molecule has 2 aromatic rings. The van der Waals surface area contributed by atoms with E-state index in [1.54, 1.807) is 12.1 Å². The second-order valence-corrected chi connectivity index (χ2v) is 5.38. The van der Waals surface area contributed by atoms with E-state index in [0.717, 1.165) is 25.7 Å². The van der Waals surface area contributed by atoms with Gasteiger partial charge in [-0.3, -0.25) is 10.1 Å². The number of nitrogens with two attached hydrogens (primary N) is 1. The Hall–Kier alpha value is -2.28. The normalized spacial score (nSPS) is 22.1. The van der Waals surface area contributed by atoms with Gasteiger partial charge >= 0.3 is 0 Å². The van der Waals surface area contributed by atoms with Crippen molar-refractivity contribution >= 4 is 5.69 Å². The van der Waals surface area contributed by atoms with Gasteiger partial charge in [0.15, 0.2) is 0 Å². The van der Waals surface area contributed by atoms with Gasteiger partial charge in [0, 0.05) is 29.7 Å². The number of non-ortho nitro benzene ring substituents is 1. The SMILES string of the molecule is NC1CCCC(c2nc(-c3ccc([N+](=O)[O-])cc3)no2)C1. The number of nitro groups is 1. The van der Waals surface area contributed by atoms with Crippen LogP contribution in [0.5, 0.6) is 0 Å². The Balaban J connectivity index is 1.79. The summed E-state index contributed by atoms with van der Waals surface area (Å²) in [5, 5.41) is 14.6. The first-order valence-corrected chi connectivity index (χ1v) is 6.97. The van der Waals surface area contributed by atoms with Crippen LogP contribution in [-0.2, 0) is 0 Å². The minimum Gasteiger partial charge on any atom is -0.339 e. The number of nitrogens with zero attached hydrogens (tertiary/aromatic N) is 3. The van der Waals surface area contributed by atoms with E-state index < -0.39 is 4.92 Å². The van der Waals surface area contributed by atoms with Crippen molar-refractivity contribution in [3.05, 3.63) is 40.3 Å². The molecule has 2 unspecified atom stereocenters. The molecule has 2 N–H and O–H groups in total. The highest BCUT2D eigenvalue weighted by atomic mass is 16.6. The first-order chi connectivity index (χ1) is 10.1. The van der Waals surface area contributed by atoms with Gasteiger partial charge in [0.05, 0.1) is 4.92 Å². The zero-order valence-electron chi connectivity index (χ0n) is 11.4. The smallest absolute Gasteiger partial charge is 0.269 e. The van der Waals surface area contributed by atoms with Crippen LogP contribution >= 0.6 is 0 Å². The van der Waals surface area contributed by atoms with E-state index in [4.69, 9.17) is 10.3 Å². The molecule has 0 bridgehead atoms. The first kappa shape index (κ1) is 13.7. The maximum Gasteiger partial charge on any atom is 0.269 e. The molecule has 1 aliphatic carbocycles. The van der Waals surface area contributed by atoms with Crippen LogP contribution in [0, 0.1) is 10.1 Å². The molecule has 3 rings (SSSR count). The van der Waals surface area contributed by atoms with Crippen molar-refractivity contribution in [3.63, 3.8) is 0 Å². The third-order valence-corrected chi connectivity index (χ3v) is 3.84. The molecule has 1 heterocycles. The summed E-state index contributed by atoms with van der Waals surface area (Å²) in [6.07, 6.45) is 3.98. The minimum absolute atomic E-state index is 0.0423. The van der Waals surface area contributed by atoms with Gasteiger partial charge in [0.25, 0.3) is 5.69 Å². The van der Waals surface area contributed by atoms with Crippen LogP contribution in [0.15, 0.2) is 28.8 Å². The van der Waals surface area contributed by atoms with Crippen molar-refractivity contribution < 1.29 is 9.45 Å². The summed E-state index contributed by atoms with van der Waals surface area (Å²) in [6.45, 7) is 0. The van der Waals surface area contributed by atoms with Gasteiger partial charge in [-0.15, -0.1) is 0 Å². The number of aromatic nitrogens is 2. The van der Waals surface area contributed by atoms with Gasteiger partial charge in [-0.2, -0.15) is 4.98 Å². The maximum atomic E-state index is 10.6. The van der Waals surface area contributed by atoms with E-state index >= 15 is 0 Å². The number of benzene rings is 1. The van der Waals surface area contributed by atoms with E-state index in [0.29, 0.717) is 17.3 Å². The predicted octanol–water partition coefficient (Wildman–Crippen LogP) is 2.63. The summed E-state index contributed by atoms with van der Waals surface area (Å²) in [5.74, 6) is 1.28. The fourth-order valence-electron chi connectivity index (χ4n) is 2.70. The lowest BCUT2D eigenvalue weighted by Crippen LogP contribution is -2.26. The highest BCUT2D eigenvalue weighted by molar-refractivity contribution is 5.56. The van der Waals surface area contributed by atoms with Gasteiger partial charge < -0.3 is 10.3 Å². The fourth-order valence-corrected chi connectivity index (χ4v) is 2.70. The molecular formula is C14H16N4O3. The van der Waals surface area contributed by atoms with Gasteiger partial charge in [-0.05, 0) is 31.4 Å². The minimum atomic E-state index is -0.436. The predicted molar refractivity (Wildman–Crippen MR) is 75.6 cm³/mol. The molecule has 21 heavy (non-hydrogen) atoms. The second kappa shape index (κ2) is 5.61. The van der Waals surface area contributed by atoms with Crippen molar-refractivity contribution in [2.24, 2.45) is 5.73 Å². The lowest BCUT2D eigenvalue weighted by atomic mass is 9.86. The molecular weight excluding hydrogens is 272 g/mol. The van der Waals surface area contributed by atoms with Crippen molar-refractivity contribution in [2.75, 3.05) is 0 Å². The fraction of sp³-hybridized carbons (Fsp3) is 0.429. The van der Waals surface area contributed by atoms with Crippen LogP contribution in [0.4, 0.5) is 5.69 Å². The number of rotatable bonds is 3. The molecule has 1 aliphatic rings. The van der Waals surface area contributed by atoms with Gasteiger partial charge in [0.2, 0.25) is 11.7 Å². The van der Waals surface area contributed by atoms with Crippen molar-refractivity contribution in [1.82, 2.24) is 10.1 Å². The third kappa shape index (κ3) is 2.92. The summed E-state index contributed by atoms with van der Waals surface area (Å²) in [5.41, 5.74) is 6.72. The molecule has 7 nitrogen and oxygen atoms in total. The molecule has 0 aliphatic heterocycles. The molecule has 0 saturated heterocycles. The van der Waals surface area contributed by atoms with Crippen molar-refractivity contribution in [2.45, 2.75) is 37.6 Å². The molecule has 1 aromatic heterocycles. The van der Waals surface area contributed by atoms with Crippen LogP contribution in [0.2, 0.25) is 0 Å². The molecule has 0 radical (unpaired) electrons. The summed E-state index contributed by atoms with van der Waals surface area (Å²) in [6, 6.07) is 6.31.